The number of ether oxygens (including phenoxy) is 2. The van der Waals surface area contributed by atoms with Gasteiger partial charge in [0.2, 0.25) is 0 Å². The second-order valence-electron chi connectivity index (χ2n) is 6.70. The molecule has 0 saturated carbocycles. The van der Waals surface area contributed by atoms with Crippen LogP contribution in [0.5, 0.6) is 0 Å². The molecular weight excluding hydrogens is 532 g/mol. The molecule has 23 heavy (non-hydrogen) atoms. The first-order chi connectivity index (χ1) is 10.5. The Balaban J connectivity index is 2.95. The Bertz CT molecular complexity index is 384. The fourth-order valence-corrected chi connectivity index (χ4v) is 4.51. The summed E-state index contributed by atoms with van der Waals surface area (Å²) in [4.78, 5) is 2.48. The summed E-state index contributed by atoms with van der Waals surface area (Å²) in [6, 6.07) is 0. The van der Waals surface area contributed by atoms with E-state index in [9.17, 15) is 0 Å². The molecule has 0 spiro atoms. The molecule has 4 nitrogen and oxygen atoms in total. The maximum atomic E-state index is 15.0. The van der Waals surface area contributed by atoms with Gasteiger partial charge in [0.05, 0.1) is 12.2 Å². The quantitative estimate of drug-likeness (QED) is 0.255. The molecule has 0 N–H and O–H groups in total. The highest BCUT2D eigenvalue weighted by molar-refractivity contribution is 14.2. The van der Waals surface area contributed by atoms with Gasteiger partial charge < -0.3 is 9.47 Å². The number of rotatable bonds is 8. The van der Waals surface area contributed by atoms with Crippen molar-refractivity contribution in [1.82, 2.24) is 9.80 Å². The molecule has 0 radical (unpaired) electrons. The molecule has 0 amide bonds. The van der Waals surface area contributed by atoms with E-state index in [1.807, 2.05) is 27.7 Å². The second kappa shape index (κ2) is 8.70. The number of hydrogen-bond acceptors (Lipinski definition) is 4. The van der Waals surface area contributed by atoms with Crippen molar-refractivity contribution in [3.8, 4) is 0 Å². The van der Waals surface area contributed by atoms with Crippen LogP contribution in [0, 0.1) is 11.8 Å². The van der Waals surface area contributed by atoms with Crippen molar-refractivity contribution in [3.63, 3.8) is 0 Å². The van der Waals surface area contributed by atoms with Gasteiger partial charge in [-0.15, -0.1) is 0 Å². The highest BCUT2D eigenvalue weighted by Crippen LogP contribution is 2.48. The van der Waals surface area contributed by atoms with E-state index in [-0.39, 0.29) is 43.7 Å². The zero-order valence-electron chi connectivity index (χ0n) is 14.7. The zero-order chi connectivity index (χ0) is 18.0. The summed E-state index contributed by atoms with van der Waals surface area (Å²) in [5.74, 6) is 0.362. The minimum Gasteiger partial charge on any atom is -0.380 e. The Morgan fingerprint density at radius 2 is 1.39 bits per heavy atom. The van der Waals surface area contributed by atoms with Crippen LogP contribution in [0.3, 0.4) is 0 Å². The fraction of sp³-hybridized carbons (Fsp3) is 1.00. The summed E-state index contributed by atoms with van der Waals surface area (Å²) in [5.41, 5.74) is 0. The zero-order valence-corrected chi connectivity index (χ0v) is 19.0. The van der Waals surface area contributed by atoms with Crippen LogP contribution in [0.2, 0.25) is 0 Å². The normalized spacial score (nSPS) is 24.5. The first-order valence-corrected chi connectivity index (χ1v) is 9.97. The largest absolute Gasteiger partial charge is 0.380 e. The third kappa shape index (κ3) is 5.32. The van der Waals surface area contributed by atoms with Crippen LogP contribution >= 0.6 is 45.2 Å². The van der Waals surface area contributed by atoms with E-state index in [2.05, 4.69) is 45.2 Å². The van der Waals surface area contributed by atoms with Crippen molar-refractivity contribution in [2.24, 2.45) is 11.8 Å². The molecule has 138 valence electrons. The molecule has 0 aromatic carbocycles. The van der Waals surface area contributed by atoms with Crippen LogP contribution in [0.25, 0.3) is 0 Å². The number of nitrogens with zero attached hydrogens (tertiary/aromatic N) is 2. The SMILES string of the molecule is COC(CN1CC(I)(I)N(CC(OC)C(C)C)C1(F)F)C(C)C. The lowest BCUT2D eigenvalue weighted by Crippen LogP contribution is -2.53. The minimum absolute atomic E-state index is 0.177. The van der Waals surface area contributed by atoms with Gasteiger partial charge in [-0.05, 0) is 57.0 Å². The topological polar surface area (TPSA) is 24.9 Å². The molecule has 1 aliphatic heterocycles. The van der Waals surface area contributed by atoms with Crippen LogP contribution < -0.4 is 0 Å². The van der Waals surface area contributed by atoms with E-state index in [1.54, 1.807) is 14.2 Å². The molecular formula is C15H28F2I2N2O2. The second-order valence-corrected chi connectivity index (χ2v) is 12.3. The fourth-order valence-electron chi connectivity index (χ4n) is 2.71. The van der Waals surface area contributed by atoms with E-state index in [0.717, 1.165) is 0 Å². The molecule has 1 saturated heterocycles. The molecule has 1 aliphatic rings. The van der Waals surface area contributed by atoms with Crippen LogP contribution in [-0.2, 0) is 9.47 Å². The van der Waals surface area contributed by atoms with Crippen molar-refractivity contribution in [2.45, 2.75) is 47.6 Å². The van der Waals surface area contributed by atoms with Crippen LogP contribution in [0.4, 0.5) is 8.78 Å². The Morgan fingerprint density at radius 3 is 1.78 bits per heavy atom. The number of methoxy groups -OCH3 is 2. The smallest absolute Gasteiger partial charge is 0.371 e. The Hall–Kier alpha value is 1.16. The Labute approximate surface area is 165 Å². The van der Waals surface area contributed by atoms with Crippen molar-refractivity contribution in [2.75, 3.05) is 33.9 Å². The van der Waals surface area contributed by atoms with Crippen molar-refractivity contribution < 1.29 is 18.3 Å². The Kier molecular flexibility index (Phi) is 8.40. The maximum Gasteiger partial charge on any atom is 0.371 e. The van der Waals surface area contributed by atoms with Crippen LogP contribution in [0.15, 0.2) is 0 Å². The molecule has 8 heteroatoms. The van der Waals surface area contributed by atoms with Gasteiger partial charge in [-0.2, -0.15) is 8.78 Å². The highest BCUT2D eigenvalue weighted by Gasteiger charge is 2.60. The van der Waals surface area contributed by atoms with Gasteiger partial charge in [0, 0.05) is 33.9 Å². The van der Waals surface area contributed by atoms with Crippen molar-refractivity contribution >= 4 is 45.2 Å². The molecule has 0 bridgehead atoms. The molecule has 1 heterocycles. The summed E-state index contributed by atoms with van der Waals surface area (Å²) in [6.07, 6.45) is -3.46. The third-order valence-electron chi connectivity index (χ3n) is 4.34. The average molecular weight is 560 g/mol. The standard InChI is InChI=1S/C15H28F2I2N2O2/c1-10(2)12(22-5)7-20-9-14(18,19)21(15(20,16)17)8-13(23-6)11(3)4/h10-13H,7-9H2,1-6H3. The van der Waals surface area contributed by atoms with E-state index in [4.69, 9.17) is 9.47 Å². The number of alkyl halides is 4. The minimum atomic E-state index is -3.01. The first kappa shape index (κ1) is 22.2. The van der Waals surface area contributed by atoms with Gasteiger partial charge in [0.15, 0.2) is 0 Å². The lowest BCUT2D eigenvalue weighted by molar-refractivity contribution is -0.226. The van der Waals surface area contributed by atoms with E-state index in [0.29, 0.717) is 0 Å². The molecule has 0 aromatic heterocycles. The highest BCUT2D eigenvalue weighted by atomic mass is 127. The maximum absolute atomic E-state index is 15.0. The van der Waals surface area contributed by atoms with Gasteiger partial charge in [0.25, 0.3) is 0 Å². The van der Waals surface area contributed by atoms with E-state index >= 15 is 8.78 Å². The van der Waals surface area contributed by atoms with E-state index < -0.39 is 7.72 Å². The van der Waals surface area contributed by atoms with Gasteiger partial charge in [-0.3, -0.25) is 0 Å². The molecule has 1 fully saturated rings. The van der Waals surface area contributed by atoms with Crippen molar-refractivity contribution in [1.29, 1.82) is 0 Å². The predicted octanol–water partition coefficient (Wildman–Crippen LogP) is 4.02. The summed E-state index contributed by atoms with van der Waals surface area (Å²) >= 11 is 4.22. The van der Waals surface area contributed by atoms with Crippen molar-refractivity contribution in [3.05, 3.63) is 0 Å². The van der Waals surface area contributed by atoms with Crippen LogP contribution in [0.1, 0.15) is 27.7 Å². The Morgan fingerprint density at radius 1 is 0.957 bits per heavy atom. The van der Waals surface area contributed by atoms with Gasteiger partial charge >= 0.3 is 6.17 Å². The summed E-state index contributed by atoms with van der Waals surface area (Å²) in [6.45, 7) is 8.64. The molecule has 2 atom stereocenters. The lowest BCUT2D eigenvalue weighted by Gasteiger charge is -2.36. The monoisotopic (exact) mass is 560 g/mol. The molecule has 0 aromatic rings. The average Bonchev–Trinajstić information content (AvgIpc) is 2.58. The molecule has 0 aliphatic carbocycles. The van der Waals surface area contributed by atoms with E-state index in [1.165, 1.54) is 9.80 Å². The van der Waals surface area contributed by atoms with Gasteiger partial charge in [-0.1, -0.05) is 27.7 Å². The third-order valence-corrected chi connectivity index (χ3v) is 6.18. The first-order valence-electron chi connectivity index (χ1n) is 7.81. The van der Waals surface area contributed by atoms with Crippen LogP contribution in [-0.4, -0.2) is 63.6 Å². The number of hydrogen-bond donors (Lipinski definition) is 0. The number of halogens is 4. The van der Waals surface area contributed by atoms with Gasteiger partial charge in [0.1, 0.15) is 1.55 Å². The lowest BCUT2D eigenvalue weighted by atomic mass is 10.1. The summed E-state index contributed by atoms with van der Waals surface area (Å²) in [5, 5.41) is 0. The summed E-state index contributed by atoms with van der Waals surface area (Å²) in [7, 11) is 3.16. The molecule has 2 unspecified atom stereocenters. The van der Waals surface area contributed by atoms with Gasteiger partial charge in [-0.25, -0.2) is 9.80 Å². The summed E-state index contributed by atoms with van der Waals surface area (Å²) < 4.78 is 40.2. The molecule has 1 rings (SSSR count). The predicted molar refractivity (Wildman–Crippen MR) is 105 cm³/mol.